The molecule has 4 nitrogen and oxygen atoms in total. The second kappa shape index (κ2) is 19.9. The molecule has 3 N–H and O–H groups in total. The maximum Gasteiger partial charge on any atom is 0.290 e. The molecule has 1 rings (SSSR count). The molecule has 0 saturated heterocycles. The van der Waals surface area contributed by atoms with E-state index in [1.165, 1.54) is 0 Å². The monoisotopic (exact) mass is 242 g/mol. The number of carbonyl (C=O) groups is 1. The fourth-order valence-corrected chi connectivity index (χ4v) is 0.732. The first kappa shape index (κ1) is 20.7. The van der Waals surface area contributed by atoms with E-state index >= 15 is 0 Å². The molecule has 4 heteroatoms. The van der Waals surface area contributed by atoms with Crippen molar-refractivity contribution >= 4 is 6.47 Å². The average molecular weight is 242 g/mol. The van der Waals surface area contributed by atoms with Crippen molar-refractivity contribution in [2.24, 2.45) is 0 Å². The summed E-state index contributed by atoms with van der Waals surface area (Å²) in [4.78, 5) is 8.36. The lowest BCUT2D eigenvalue weighted by atomic mass is 10.1. The van der Waals surface area contributed by atoms with Crippen molar-refractivity contribution in [3.8, 4) is 0 Å². The summed E-state index contributed by atoms with van der Waals surface area (Å²) in [5.41, 5.74) is 0.970. The summed E-state index contributed by atoms with van der Waals surface area (Å²) in [5, 5.41) is 22.9. The smallest absolute Gasteiger partial charge is 0.290 e. The highest BCUT2D eigenvalue weighted by atomic mass is 16.3. The molecular formula is C13H22O4. The number of carboxylic acid groups (broad SMARTS) is 1. The maximum atomic E-state index is 9.02. The lowest BCUT2D eigenvalue weighted by Crippen LogP contribution is -1.87. The Balaban J connectivity index is -0.000000207. The number of benzene rings is 1. The topological polar surface area (TPSA) is 77.8 Å². The van der Waals surface area contributed by atoms with E-state index < -0.39 is 0 Å². The average Bonchev–Trinajstić information content (AvgIpc) is 2.35. The van der Waals surface area contributed by atoms with E-state index in [4.69, 9.17) is 20.1 Å². The van der Waals surface area contributed by atoms with Crippen LogP contribution in [0.5, 0.6) is 0 Å². The van der Waals surface area contributed by atoms with Crippen LogP contribution in [-0.4, -0.2) is 28.9 Å². The normalized spacial score (nSPS) is 8.76. The van der Waals surface area contributed by atoms with Crippen LogP contribution in [0.1, 0.15) is 25.5 Å². The summed E-state index contributed by atoms with van der Waals surface area (Å²) in [6.45, 7) is 6.76. The lowest BCUT2D eigenvalue weighted by Gasteiger charge is -2.00. The molecule has 1 atom stereocenters. The van der Waals surface area contributed by atoms with E-state index in [0.29, 0.717) is 0 Å². The highest BCUT2D eigenvalue weighted by Gasteiger charge is 1.95. The molecule has 17 heavy (non-hydrogen) atoms. The van der Waals surface area contributed by atoms with Crippen LogP contribution in [-0.2, 0) is 4.79 Å². The van der Waals surface area contributed by atoms with E-state index in [9.17, 15) is 0 Å². The molecule has 0 saturated carbocycles. The molecule has 0 aliphatic heterocycles. The minimum atomic E-state index is -0.341. The first-order chi connectivity index (χ1) is 8.13. The molecule has 0 aliphatic rings. The third-order valence-electron chi connectivity index (χ3n) is 1.28. The van der Waals surface area contributed by atoms with Gasteiger partial charge >= 0.3 is 0 Å². The maximum absolute atomic E-state index is 9.02. The predicted molar refractivity (Wildman–Crippen MR) is 69.8 cm³/mol. The van der Waals surface area contributed by atoms with Crippen molar-refractivity contribution in [3.63, 3.8) is 0 Å². The third kappa shape index (κ3) is 20.4. The summed E-state index contributed by atoms with van der Waals surface area (Å²) in [6, 6.07) is 9.59. The molecule has 0 radical (unpaired) electrons. The number of hydrogen-bond donors (Lipinski definition) is 3. The molecule has 0 bridgehead atoms. The Morgan fingerprint density at radius 2 is 1.53 bits per heavy atom. The van der Waals surface area contributed by atoms with Crippen molar-refractivity contribution in [2.75, 3.05) is 7.11 Å². The quantitative estimate of drug-likeness (QED) is 0.521. The summed E-state index contributed by atoms with van der Waals surface area (Å²) in [5.74, 6) is 0. The minimum Gasteiger partial charge on any atom is -0.483 e. The molecular weight excluding hydrogens is 220 g/mol. The van der Waals surface area contributed by atoms with Gasteiger partial charge in [-0.3, -0.25) is 4.79 Å². The minimum absolute atomic E-state index is 0.250. The molecule has 1 aromatic rings. The van der Waals surface area contributed by atoms with Gasteiger partial charge in [0.1, 0.15) is 0 Å². The first-order valence-electron chi connectivity index (χ1n) is 4.96. The highest BCUT2D eigenvalue weighted by molar-refractivity contribution is 5.32. The Morgan fingerprint density at radius 3 is 1.71 bits per heavy atom. The van der Waals surface area contributed by atoms with Gasteiger partial charge in [0.15, 0.2) is 0 Å². The first-order valence-corrected chi connectivity index (χ1v) is 4.96. The fourth-order valence-electron chi connectivity index (χ4n) is 0.732. The number of aliphatic hydroxyl groups excluding tert-OH is 2. The van der Waals surface area contributed by atoms with E-state index in [2.05, 4.69) is 6.58 Å². The van der Waals surface area contributed by atoms with Gasteiger partial charge in [0.2, 0.25) is 0 Å². The number of allylic oxidation sites excluding steroid dienone is 1. The zero-order chi connectivity index (χ0) is 14.1. The predicted octanol–water partition coefficient (Wildman–Crippen LogP) is 2.24. The van der Waals surface area contributed by atoms with Crippen LogP contribution < -0.4 is 0 Å². The second-order valence-electron chi connectivity index (χ2n) is 2.60. The Labute approximate surface area is 103 Å². The Bertz CT molecular complexity index is 239. The molecule has 0 amide bonds. The molecule has 0 aromatic heterocycles. The van der Waals surface area contributed by atoms with Crippen molar-refractivity contribution < 1.29 is 20.1 Å². The van der Waals surface area contributed by atoms with Crippen LogP contribution in [0.2, 0.25) is 0 Å². The Kier molecular flexibility index (Phi) is 24.2. The number of aliphatic hydroxyl groups is 2. The van der Waals surface area contributed by atoms with Crippen molar-refractivity contribution in [1.82, 2.24) is 0 Å². The van der Waals surface area contributed by atoms with Crippen LogP contribution in [0, 0.1) is 0 Å². The van der Waals surface area contributed by atoms with E-state index in [1.54, 1.807) is 13.0 Å². The van der Waals surface area contributed by atoms with Crippen LogP contribution in [0.4, 0.5) is 0 Å². The van der Waals surface area contributed by atoms with E-state index in [-0.39, 0.29) is 12.6 Å². The zero-order valence-corrected chi connectivity index (χ0v) is 10.6. The molecule has 1 aromatic carbocycles. The van der Waals surface area contributed by atoms with Gasteiger partial charge in [-0.25, -0.2) is 0 Å². The Morgan fingerprint density at radius 1 is 1.24 bits per heavy atom. The highest BCUT2D eigenvalue weighted by Crippen LogP contribution is 2.08. The molecule has 0 aliphatic carbocycles. The standard InChI is InChI=1S/C8H10O.C3H6.CH2O2.CH4O/c1-7(9)8-5-3-2-4-6-8;1-3-2;2-1-3;1-2/h2-7,9H,1H3;3H,1H2,2H3;1H,(H,2,3);2H,1H3. The number of hydrogen-bond acceptors (Lipinski definition) is 3. The fraction of sp³-hybridized carbons (Fsp3) is 0.308. The Hall–Kier alpha value is -1.65. The van der Waals surface area contributed by atoms with Gasteiger partial charge in [0.05, 0.1) is 6.10 Å². The molecule has 0 spiro atoms. The van der Waals surface area contributed by atoms with Gasteiger partial charge in [0.25, 0.3) is 6.47 Å². The van der Waals surface area contributed by atoms with Crippen molar-refractivity contribution in [3.05, 3.63) is 48.6 Å². The summed E-state index contributed by atoms with van der Waals surface area (Å²) in [7, 11) is 1.00. The third-order valence-corrected chi connectivity index (χ3v) is 1.28. The number of rotatable bonds is 1. The van der Waals surface area contributed by atoms with Gasteiger partial charge in [0, 0.05) is 7.11 Å². The van der Waals surface area contributed by atoms with Gasteiger partial charge in [-0.15, -0.1) is 6.58 Å². The van der Waals surface area contributed by atoms with Crippen LogP contribution in [0.15, 0.2) is 43.0 Å². The van der Waals surface area contributed by atoms with Crippen molar-refractivity contribution in [1.29, 1.82) is 0 Å². The van der Waals surface area contributed by atoms with E-state index in [1.807, 2.05) is 37.3 Å². The zero-order valence-electron chi connectivity index (χ0n) is 10.6. The van der Waals surface area contributed by atoms with Gasteiger partial charge in [-0.1, -0.05) is 36.4 Å². The van der Waals surface area contributed by atoms with Crippen molar-refractivity contribution in [2.45, 2.75) is 20.0 Å². The molecule has 0 fully saturated rings. The van der Waals surface area contributed by atoms with Crippen LogP contribution in [0.25, 0.3) is 0 Å². The lowest BCUT2D eigenvalue weighted by molar-refractivity contribution is -0.122. The molecule has 1 unspecified atom stereocenters. The largest absolute Gasteiger partial charge is 0.483 e. The SMILES string of the molecule is C=CC.CC(O)c1ccccc1.CO.O=CO. The molecule has 98 valence electrons. The van der Waals surface area contributed by atoms with Gasteiger partial charge < -0.3 is 15.3 Å². The van der Waals surface area contributed by atoms with Gasteiger partial charge in [-0.2, -0.15) is 0 Å². The summed E-state index contributed by atoms with van der Waals surface area (Å²) < 4.78 is 0. The summed E-state index contributed by atoms with van der Waals surface area (Å²) in [6.07, 6.45) is 1.41. The van der Waals surface area contributed by atoms with Gasteiger partial charge in [-0.05, 0) is 19.4 Å². The second-order valence-corrected chi connectivity index (χ2v) is 2.60. The van der Waals surface area contributed by atoms with Crippen LogP contribution >= 0.6 is 0 Å². The van der Waals surface area contributed by atoms with E-state index in [0.717, 1.165) is 12.7 Å². The molecule has 0 heterocycles. The summed E-state index contributed by atoms with van der Waals surface area (Å²) >= 11 is 0. The van der Waals surface area contributed by atoms with Crippen LogP contribution in [0.3, 0.4) is 0 Å².